The normalized spacial score (nSPS) is 12.8. The van der Waals surface area contributed by atoms with Crippen LogP contribution in [0.25, 0.3) is 0 Å². The first-order chi connectivity index (χ1) is 9.49. The SMILES string of the molecule is CCC(C)N(CC)c1ccc(Cl)cc1CNCC(C)C. The number of benzene rings is 1. The maximum atomic E-state index is 6.17. The third kappa shape index (κ3) is 4.99. The molecule has 0 aliphatic carbocycles. The van der Waals surface area contributed by atoms with Gasteiger partial charge < -0.3 is 10.2 Å². The Labute approximate surface area is 129 Å². The monoisotopic (exact) mass is 296 g/mol. The van der Waals surface area contributed by atoms with Gasteiger partial charge in [0.15, 0.2) is 0 Å². The topological polar surface area (TPSA) is 15.3 Å². The van der Waals surface area contributed by atoms with E-state index in [0.717, 1.165) is 31.1 Å². The maximum Gasteiger partial charge on any atom is 0.0415 e. The molecule has 114 valence electrons. The van der Waals surface area contributed by atoms with Crippen molar-refractivity contribution in [1.29, 1.82) is 0 Å². The largest absolute Gasteiger partial charge is 0.369 e. The van der Waals surface area contributed by atoms with Crippen LogP contribution in [-0.4, -0.2) is 19.1 Å². The lowest BCUT2D eigenvalue weighted by Crippen LogP contribution is -2.33. The third-order valence-corrected chi connectivity index (χ3v) is 3.92. The van der Waals surface area contributed by atoms with E-state index in [1.807, 2.05) is 6.07 Å². The Balaban J connectivity index is 2.93. The highest BCUT2D eigenvalue weighted by atomic mass is 35.5. The summed E-state index contributed by atoms with van der Waals surface area (Å²) in [4.78, 5) is 2.46. The van der Waals surface area contributed by atoms with E-state index in [1.165, 1.54) is 11.3 Å². The highest BCUT2D eigenvalue weighted by Crippen LogP contribution is 2.26. The molecule has 3 heteroatoms. The summed E-state index contributed by atoms with van der Waals surface area (Å²) in [5.41, 5.74) is 2.60. The molecule has 0 amide bonds. The zero-order valence-electron chi connectivity index (χ0n) is 13.5. The number of hydrogen-bond acceptors (Lipinski definition) is 2. The van der Waals surface area contributed by atoms with Gasteiger partial charge in [0.05, 0.1) is 0 Å². The summed E-state index contributed by atoms with van der Waals surface area (Å²) in [7, 11) is 0. The second kappa shape index (κ2) is 8.53. The van der Waals surface area contributed by atoms with Gasteiger partial charge >= 0.3 is 0 Å². The Morgan fingerprint density at radius 3 is 2.45 bits per heavy atom. The van der Waals surface area contributed by atoms with E-state index < -0.39 is 0 Å². The van der Waals surface area contributed by atoms with Crippen molar-refractivity contribution in [2.45, 2.75) is 53.6 Å². The van der Waals surface area contributed by atoms with Gasteiger partial charge in [-0.3, -0.25) is 0 Å². The second-order valence-corrected chi connectivity index (χ2v) is 6.28. The maximum absolute atomic E-state index is 6.17. The van der Waals surface area contributed by atoms with Gasteiger partial charge in [0.25, 0.3) is 0 Å². The van der Waals surface area contributed by atoms with Crippen LogP contribution in [-0.2, 0) is 6.54 Å². The first kappa shape index (κ1) is 17.3. The van der Waals surface area contributed by atoms with Crippen LogP contribution < -0.4 is 10.2 Å². The molecule has 0 spiro atoms. The second-order valence-electron chi connectivity index (χ2n) is 5.84. The molecular formula is C17H29ClN2. The summed E-state index contributed by atoms with van der Waals surface area (Å²) in [5, 5.41) is 4.33. The Bertz CT molecular complexity index is 404. The van der Waals surface area contributed by atoms with Gasteiger partial charge in [-0.25, -0.2) is 0 Å². The summed E-state index contributed by atoms with van der Waals surface area (Å²) >= 11 is 6.17. The molecule has 1 atom stereocenters. The van der Waals surface area contributed by atoms with E-state index in [-0.39, 0.29) is 0 Å². The molecule has 20 heavy (non-hydrogen) atoms. The fourth-order valence-corrected chi connectivity index (χ4v) is 2.61. The fourth-order valence-electron chi connectivity index (χ4n) is 2.41. The van der Waals surface area contributed by atoms with E-state index >= 15 is 0 Å². The lowest BCUT2D eigenvalue weighted by molar-refractivity contribution is 0.550. The quantitative estimate of drug-likeness (QED) is 0.747. The standard InChI is InChI=1S/C17H29ClN2/c1-6-14(5)20(7-2)17-9-8-16(18)10-15(17)12-19-11-13(3)4/h8-10,13-14,19H,6-7,11-12H2,1-5H3. The predicted octanol–water partition coefficient (Wildman–Crippen LogP) is 4.71. The molecule has 1 aromatic rings. The first-order valence-corrected chi connectivity index (χ1v) is 8.13. The molecule has 2 nitrogen and oxygen atoms in total. The van der Waals surface area contributed by atoms with Gasteiger partial charge in [-0.2, -0.15) is 0 Å². The molecule has 0 aromatic heterocycles. The number of nitrogens with one attached hydrogen (secondary N) is 1. The van der Waals surface area contributed by atoms with Gasteiger partial charge in [0, 0.05) is 29.8 Å². The van der Waals surface area contributed by atoms with E-state index in [4.69, 9.17) is 11.6 Å². The molecule has 0 saturated carbocycles. The molecule has 0 radical (unpaired) electrons. The smallest absolute Gasteiger partial charge is 0.0415 e. The Morgan fingerprint density at radius 1 is 1.20 bits per heavy atom. The average Bonchev–Trinajstić information content (AvgIpc) is 2.41. The van der Waals surface area contributed by atoms with Crippen molar-refractivity contribution in [2.24, 2.45) is 5.92 Å². The van der Waals surface area contributed by atoms with Gasteiger partial charge in [-0.1, -0.05) is 32.4 Å². The van der Waals surface area contributed by atoms with E-state index in [1.54, 1.807) is 0 Å². The molecule has 0 heterocycles. The van der Waals surface area contributed by atoms with Crippen LogP contribution in [0.4, 0.5) is 5.69 Å². The van der Waals surface area contributed by atoms with Gasteiger partial charge in [0.1, 0.15) is 0 Å². The van der Waals surface area contributed by atoms with E-state index in [2.05, 4.69) is 57.0 Å². The summed E-state index contributed by atoms with van der Waals surface area (Å²) < 4.78 is 0. The molecule has 0 aliphatic heterocycles. The summed E-state index contributed by atoms with van der Waals surface area (Å²) in [6.45, 7) is 14.1. The Kier molecular flexibility index (Phi) is 7.39. The van der Waals surface area contributed by atoms with Crippen molar-refractivity contribution in [2.75, 3.05) is 18.0 Å². The summed E-state index contributed by atoms with van der Waals surface area (Å²) in [5.74, 6) is 0.662. The van der Waals surface area contributed by atoms with Crippen molar-refractivity contribution >= 4 is 17.3 Å². The first-order valence-electron chi connectivity index (χ1n) is 7.75. The molecule has 0 bridgehead atoms. The molecule has 1 N–H and O–H groups in total. The minimum Gasteiger partial charge on any atom is -0.369 e. The van der Waals surface area contributed by atoms with Crippen molar-refractivity contribution in [3.05, 3.63) is 28.8 Å². The minimum absolute atomic E-state index is 0.546. The number of rotatable bonds is 8. The van der Waals surface area contributed by atoms with Crippen LogP contribution >= 0.6 is 11.6 Å². The third-order valence-electron chi connectivity index (χ3n) is 3.68. The number of halogens is 1. The lowest BCUT2D eigenvalue weighted by Gasteiger charge is -2.31. The highest BCUT2D eigenvalue weighted by Gasteiger charge is 2.15. The zero-order valence-corrected chi connectivity index (χ0v) is 14.3. The molecule has 0 fully saturated rings. The average molecular weight is 297 g/mol. The van der Waals surface area contributed by atoms with Crippen molar-refractivity contribution in [1.82, 2.24) is 5.32 Å². The minimum atomic E-state index is 0.546. The van der Waals surface area contributed by atoms with Crippen LogP contribution in [0, 0.1) is 5.92 Å². The molecule has 1 unspecified atom stereocenters. The number of hydrogen-bond donors (Lipinski definition) is 1. The zero-order chi connectivity index (χ0) is 15.1. The highest BCUT2D eigenvalue weighted by molar-refractivity contribution is 6.30. The summed E-state index contributed by atoms with van der Waals surface area (Å²) in [6, 6.07) is 6.79. The summed E-state index contributed by atoms with van der Waals surface area (Å²) in [6.07, 6.45) is 1.15. The Morgan fingerprint density at radius 2 is 1.90 bits per heavy atom. The van der Waals surface area contributed by atoms with Crippen LogP contribution in [0.3, 0.4) is 0 Å². The van der Waals surface area contributed by atoms with E-state index in [0.29, 0.717) is 12.0 Å². The van der Waals surface area contributed by atoms with Gasteiger partial charge in [-0.15, -0.1) is 0 Å². The number of anilines is 1. The van der Waals surface area contributed by atoms with Crippen LogP contribution in [0.1, 0.15) is 46.6 Å². The van der Waals surface area contributed by atoms with Crippen LogP contribution in [0.5, 0.6) is 0 Å². The molecule has 1 rings (SSSR count). The van der Waals surface area contributed by atoms with Gasteiger partial charge in [0.2, 0.25) is 0 Å². The van der Waals surface area contributed by atoms with Crippen molar-refractivity contribution in [3.63, 3.8) is 0 Å². The Hall–Kier alpha value is -0.730. The number of nitrogens with zero attached hydrogens (tertiary/aromatic N) is 1. The fraction of sp³-hybridized carbons (Fsp3) is 0.647. The molecule has 0 saturated heterocycles. The van der Waals surface area contributed by atoms with Gasteiger partial charge in [-0.05, 0) is 56.5 Å². The molecule has 0 aliphatic rings. The predicted molar refractivity (Wildman–Crippen MR) is 90.8 cm³/mol. The van der Waals surface area contributed by atoms with Crippen LogP contribution in [0.15, 0.2) is 18.2 Å². The molecular weight excluding hydrogens is 268 g/mol. The van der Waals surface area contributed by atoms with Crippen molar-refractivity contribution < 1.29 is 0 Å². The lowest BCUT2D eigenvalue weighted by atomic mass is 10.1. The van der Waals surface area contributed by atoms with E-state index in [9.17, 15) is 0 Å². The van der Waals surface area contributed by atoms with Crippen LogP contribution in [0.2, 0.25) is 5.02 Å². The van der Waals surface area contributed by atoms with Crippen molar-refractivity contribution in [3.8, 4) is 0 Å². The molecule has 1 aromatic carbocycles.